The second-order valence-corrected chi connectivity index (χ2v) is 5.85. The Bertz CT molecular complexity index is 490. The molecule has 1 aromatic rings. The summed E-state index contributed by atoms with van der Waals surface area (Å²) in [6.45, 7) is 6.41. The quantitative estimate of drug-likeness (QED) is 0.814. The number of carbonyl (C=O) groups excluding carboxylic acids is 1. The van der Waals surface area contributed by atoms with Crippen molar-refractivity contribution in [1.29, 1.82) is 5.26 Å². The molecule has 0 N–H and O–H groups in total. The normalized spacial score (nSPS) is 17.5. The van der Waals surface area contributed by atoms with Crippen molar-refractivity contribution in [2.75, 3.05) is 13.1 Å². The predicted octanol–water partition coefficient (Wildman–Crippen LogP) is 1.74. The molecule has 0 atom stereocenters. The summed E-state index contributed by atoms with van der Waals surface area (Å²) in [5.74, 6) is 0. The monoisotopic (exact) mass is 262 g/mol. The number of aromatic nitrogens is 2. The number of likely N-dealkylation sites (tertiary alicyclic amines) is 1. The molecule has 0 aromatic carbocycles. The molecule has 1 aromatic heterocycles. The summed E-state index contributed by atoms with van der Waals surface area (Å²) in [7, 11) is 0. The Morgan fingerprint density at radius 1 is 1.53 bits per heavy atom. The Morgan fingerprint density at radius 2 is 2.21 bits per heavy atom. The van der Waals surface area contributed by atoms with Gasteiger partial charge in [0.2, 0.25) is 0 Å². The van der Waals surface area contributed by atoms with Crippen LogP contribution in [0.3, 0.4) is 0 Å². The van der Waals surface area contributed by atoms with Crippen LogP contribution in [0.1, 0.15) is 27.2 Å². The van der Waals surface area contributed by atoms with Crippen molar-refractivity contribution in [3.8, 4) is 6.07 Å². The van der Waals surface area contributed by atoms with E-state index in [9.17, 15) is 4.79 Å². The highest BCUT2D eigenvalue weighted by Crippen LogP contribution is 2.32. The molecule has 0 saturated carbocycles. The zero-order valence-corrected chi connectivity index (χ0v) is 11.5. The third-order valence-corrected chi connectivity index (χ3v) is 3.02. The molecule has 0 bridgehead atoms. The molecule has 1 aliphatic heterocycles. The van der Waals surface area contributed by atoms with Gasteiger partial charge >= 0.3 is 6.09 Å². The number of nitrogens with zero attached hydrogens (tertiary/aromatic N) is 4. The molecule has 102 valence electrons. The van der Waals surface area contributed by atoms with Gasteiger partial charge in [0.15, 0.2) is 0 Å². The molecule has 0 spiro atoms. The zero-order valence-electron chi connectivity index (χ0n) is 11.5. The molecule has 6 heteroatoms. The summed E-state index contributed by atoms with van der Waals surface area (Å²) >= 11 is 0. The molecule has 0 aliphatic carbocycles. The summed E-state index contributed by atoms with van der Waals surface area (Å²) in [5.41, 5.74) is -0.911. The van der Waals surface area contributed by atoms with Gasteiger partial charge in [-0.3, -0.25) is 4.68 Å². The zero-order chi connectivity index (χ0) is 14.1. The molecule has 0 radical (unpaired) electrons. The van der Waals surface area contributed by atoms with E-state index in [1.54, 1.807) is 15.8 Å². The van der Waals surface area contributed by atoms with E-state index in [1.807, 2.05) is 33.0 Å². The number of hydrogen-bond acceptors (Lipinski definition) is 4. The summed E-state index contributed by atoms with van der Waals surface area (Å²) in [5, 5.41) is 13.1. The van der Waals surface area contributed by atoms with E-state index in [0.29, 0.717) is 19.5 Å². The SMILES string of the molecule is CC(C)(C)OC(=O)N1CC(CC#N)(n2cccn2)C1. The van der Waals surface area contributed by atoms with Gasteiger partial charge in [-0.05, 0) is 26.8 Å². The van der Waals surface area contributed by atoms with Crippen molar-refractivity contribution in [2.24, 2.45) is 0 Å². The minimum atomic E-state index is -0.504. The van der Waals surface area contributed by atoms with Crippen LogP contribution in [-0.2, 0) is 10.3 Å². The van der Waals surface area contributed by atoms with Crippen molar-refractivity contribution in [3.63, 3.8) is 0 Å². The smallest absolute Gasteiger partial charge is 0.410 e. The van der Waals surface area contributed by atoms with Gasteiger partial charge in [-0.1, -0.05) is 0 Å². The average Bonchev–Trinajstić information content (AvgIpc) is 2.73. The van der Waals surface area contributed by atoms with Crippen molar-refractivity contribution in [1.82, 2.24) is 14.7 Å². The van der Waals surface area contributed by atoms with Gasteiger partial charge in [-0.2, -0.15) is 10.4 Å². The topological polar surface area (TPSA) is 71.2 Å². The minimum absolute atomic E-state index is 0.327. The van der Waals surface area contributed by atoms with E-state index in [4.69, 9.17) is 10.00 Å². The lowest BCUT2D eigenvalue weighted by Crippen LogP contribution is -2.64. The number of amides is 1. The summed E-state index contributed by atoms with van der Waals surface area (Å²) < 4.78 is 7.07. The van der Waals surface area contributed by atoms with Crippen LogP contribution in [0.4, 0.5) is 4.79 Å². The third kappa shape index (κ3) is 2.70. The van der Waals surface area contributed by atoms with Gasteiger partial charge in [-0.25, -0.2) is 4.79 Å². The van der Waals surface area contributed by atoms with Crippen LogP contribution in [0.25, 0.3) is 0 Å². The van der Waals surface area contributed by atoms with Gasteiger partial charge in [0.1, 0.15) is 11.1 Å². The molecule has 6 nitrogen and oxygen atoms in total. The van der Waals surface area contributed by atoms with Crippen LogP contribution < -0.4 is 0 Å². The first-order chi connectivity index (χ1) is 8.86. The van der Waals surface area contributed by atoms with Crippen molar-refractivity contribution in [2.45, 2.75) is 38.3 Å². The Labute approximate surface area is 112 Å². The van der Waals surface area contributed by atoms with E-state index in [1.165, 1.54) is 0 Å². The molecule has 2 heterocycles. The Morgan fingerprint density at radius 3 is 2.68 bits per heavy atom. The standard InChI is InChI=1S/C13H18N4O2/c1-12(2,3)19-11(18)16-9-13(10-16,5-6-14)17-8-4-7-15-17/h4,7-8H,5,9-10H2,1-3H3. The first-order valence-electron chi connectivity index (χ1n) is 6.21. The first-order valence-corrected chi connectivity index (χ1v) is 6.21. The Balaban J connectivity index is 2.03. The second kappa shape index (κ2) is 4.57. The highest BCUT2D eigenvalue weighted by Gasteiger charge is 2.48. The van der Waals surface area contributed by atoms with E-state index in [2.05, 4.69) is 11.2 Å². The average molecular weight is 262 g/mol. The van der Waals surface area contributed by atoms with E-state index in [-0.39, 0.29) is 6.09 Å². The maximum atomic E-state index is 11.9. The lowest BCUT2D eigenvalue weighted by atomic mass is 9.87. The fraction of sp³-hybridized carbons (Fsp3) is 0.615. The number of ether oxygens (including phenoxy) is 1. The summed E-state index contributed by atoms with van der Waals surface area (Å²) in [4.78, 5) is 13.5. The predicted molar refractivity (Wildman–Crippen MR) is 68.2 cm³/mol. The van der Waals surface area contributed by atoms with Gasteiger partial charge < -0.3 is 9.64 Å². The van der Waals surface area contributed by atoms with Crippen LogP contribution in [0, 0.1) is 11.3 Å². The highest BCUT2D eigenvalue weighted by molar-refractivity contribution is 5.69. The maximum Gasteiger partial charge on any atom is 0.410 e. The minimum Gasteiger partial charge on any atom is -0.444 e. The van der Waals surface area contributed by atoms with Gasteiger partial charge in [0.05, 0.1) is 25.6 Å². The van der Waals surface area contributed by atoms with Crippen LogP contribution in [0.15, 0.2) is 18.5 Å². The van der Waals surface area contributed by atoms with Gasteiger partial charge in [0.25, 0.3) is 0 Å². The lowest BCUT2D eigenvalue weighted by molar-refractivity contribution is -0.0314. The second-order valence-electron chi connectivity index (χ2n) is 5.85. The molecule has 1 saturated heterocycles. The Hall–Kier alpha value is -2.03. The number of hydrogen-bond donors (Lipinski definition) is 0. The lowest BCUT2D eigenvalue weighted by Gasteiger charge is -2.48. The Kier molecular flexibility index (Phi) is 3.23. The van der Waals surface area contributed by atoms with E-state index >= 15 is 0 Å². The largest absolute Gasteiger partial charge is 0.444 e. The summed E-state index contributed by atoms with van der Waals surface area (Å²) in [6, 6.07) is 3.98. The van der Waals surface area contributed by atoms with E-state index < -0.39 is 11.1 Å². The molecule has 19 heavy (non-hydrogen) atoms. The van der Waals surface area contributed by atoms with Crippen molar-refractivity contribution in [3.05, 3.63) is 18.5 Å². The van der Waals surface area contributed by atoms with Crippen LogP contribution in [0.5, 0.6) is 0 Å². The summed E-state index contributed by atoms with van der Waals surface area (Å²) in [6.07, 6.45) is 3.49. The fourth-order valence-corrected chi connectivity index (χ4v) is 2.15. The number of carbonyl (C=O) groups is 1. The van der Waals surface area contributed by atoms with Gasteiger partial charge in [0, 0.05) is 12.4 Å². The van der Waals surface area contributed by atoms with E-state index in [0.717, 1.165) is 0 Å². The van der Waals surface area contributed by atoms with Crippen LogP contribution in [0.2, 0.25) is 0 Å². The molecule has 0 unspecified atom stereocenters. The van der Waals surface area contributed by atoms with Gasteiger partial charge in [-0.15, -0.1) is 0 Å². The highest BCUT2D eigenvalue weighted by atomic mass is 16.6. The molecule has 1 amide bonds. The first kappa shape index (κ1) is 13.4. The maximum absolute atomic E-state index is 11.9. The van der Waals surface area contributed by atoms with Crippen LogP contribution in [-0.4, -0.2) is 39.5 Å². The molecule has 1 fully saturated rings. The molecule has 1 aliphatic rings. The third-order valence-electron chi connectivity index (χ3n) is 3.02. The molecular formula is C13H18N4O2. The van der Waals surface area contributed by atoms with Crippen molar-refractivity contribution >= 4 is 6.09 Å². The van der Waals surface area contributed by atoms with Crippen LogP contribution >= 0.6 is 0 Å². The van der Waals surface area contributed by atoms with Crippen molar-refractivity contribution < 1.29 is 9.53 Å². The molecule has 2 rings (SSSR count). The fourth-order valence-electron chi connectivity index (χ4n) is 2.15. The number of rotatable bonds is 2. The molecular weight excluding hydrogens is 244 g/mol. The number of nitriles is 1.